The monoisotopic (exact) mass is 383 g/mol. The second-order valence-corrected chi connectivity index (χ2v) is 7.51. The second kappa shape index (κ2) is 11.7. The summed E-state index contributed by atoms with van der Waals surface area (Å²) >= 11 is 1.38. The Balaban J connectivity index is 2.24. The van der Waals surface area contributed by atoms with Crippen LogP contribution in [-0.2, 0) is 4.79 Å². The highest BCUT2D eigenvalue weighted by Crippen LogP contribution is 2.14. The maximum absolute atomic E-state index is 11.8. The number of aryl methyl sites for hydroxylation is 1. The van der Waals surface area contributed by atoms with E-state index in [1.54, 1.807) is 13.8 Å². The molecule has 1 rings (SSSR count). The topological polar surface area (TPSA) is 107 Å². The Labute approximate surface area is 158 Å². The van der Waals surface area contributed by atoms with Crippen molar-refractivity contribution < 1.29 is 9.59 Å². The molecule has 1 aromatic rings. The normalized spacial score (nSPS) is 12.0. The number of carbonyl (C=O) groups excluding carboxylic acids is 2. The molecule has 1 heterocycles. The largest absolute Gasteiger partial charge is 0.338 e. The van der Waals surface area contributed by atoms with Crippen LogP contribution in [0.5, 0.6) is 0 Å². The van der Waals surface area contributed by atoms with Crippen molar-refractivity contribution in [3.8, 4) is 0 Å². The molecule has 1 aromatic heterocycles. The summed E-state index contributed by atoms with van der Waals surface area (Å²) in [5.74, 6) is 1.46. The van der Waals surface area contributed by atoms with Crippen molar-refractivity contribution in [1.82, 2.24) is 20.2 Å². The number of thioether (sulfide) groups is 1. The van der Waals surface area contributed by atoms with E-state index in [2.05, 4.69) is 32.4 Å². The van der Waals surface area contributed by atoms with Crippen molar-refractivity contribution in [2.75, 3.05) is 37.8 Å². The van der Waals surface area contributed by atoms with Crippen LogP contribution in [0.1, 0.15) is 32.4 Å². The van der Waals surface area contributed by atoms with Crippen molar-refractivity contribution in [1.29, 1.82) is 0 Å². The fraction of sp³-hybridized carbons (Fsp3) is 0.647. The molecule has 0 aliphatic carbocycles. The highest BCUT2D eigenvalue weighted by molar-refractivity contribution is 8.13. The van der Waals surface area contributed by atoms with Gasteiger partial charge in [-0.1, -0.05) is 25.1 Å². The molecular formula is C17H29N5O3S. The molecule has 8 nitrogen and oxygen atoms in total. The molecule has 0 saturated heterocycles. The average molecular weight is 384 g/mol. The summed E-state index contributed by atoms with van der Waals surface area (Å²) in [7, 11) is 2.04. The number of nitrogens with one attached hydrogen (secondary N) is 3. The van der Waals surface area contributed by atoms with Gasteiger partial charge in [-0.05, 0) is 32.9 Å². The Morgan fingerprint density at radius 3 is 2.77 bits per heavy atom. The van der Waals surface area contributed by atoms with Crippen LogP contribution < -0.4 is 16.2 Å². The van der Waals surface area contributed by atoms with Crippen molar-refractivity contribution in [2.24, 2.45) is 5.92 Å². The summed E-state index contributed by atoms with van der Waals surface area (Å²) in [6.45, 7) is 7.71. The van der Waals surface area contributed by atoms with Gasteiger partial charge in [0.2, 0.25) is 5.95 Å². The van der Waals surface area contributed by atoms with E-state index in [1.807, 2.05) is 7.05 Å². The molecular weight excluding hydrogens is 354 g/mol. The van der Waals surface area contributed by atoms with Crippen molar-refractivity contribution >= 4 is 28.9 Å². The Hall–Kier alpha value is -1.87. The average Bonchev–Trinajstić information content (AvgIpc) is 2.54. The molecule has 26 heavy (non-hydrogen) atoms. The van der Waals surface area contributed by atoms with Gasteiger partial charge in [0.1, 0.15) is 0 Å². The number of hydrogen-bond acceptors (Lipinski definition) is 6. The van der Waals surface area contributed by atoms with E-state index in [9.17, 15) is 14.4 Å². The molecule has 146 valence electrons. The summed E-state index contributed by atoms with van der Waals surface area (Å²) < 4.78 is 0. The quantitative estimate of drug-likeness (QED) is 0.532. The van der Waals surface area contributed by atoms with E-state index in [0.717, 1.165) is 31.7 Å². The molecule has 0 saturated carbocycles. The fourth-order valence-corrected chi connectivity index (χ4v) is 3.22. The molecule has 0 bridgehead atoms. The summed E-state index contributed by atoms with van der Waals surface area (Å²) in [5, 5.41) is 5.42. The predicted molar refractivity (Wildman–Crippen MR) is 106 cm³/mol. The maximum atomic E-state index is 11.8. The summed E-state index contributed by atoms with van der Waals surface area (Å²) in [5.41, 5.74) is 0.238. The number of aromatic amines is 1. The lowest BCUT2D eigenvalue weighted by Gasteiger charge is -2.22. The van der Waals surface area contributed by atoms with Crippen LogP contribution in [0.4, 0.5) is 10.7 Å². The first kappa shape index (κ1) is 22.2. The highest BCUT2D eigenvalue weighted by atomic mass is 32.2. The first-order valence-electron chi connectivity index (χ1n) is 8.74. The lowest BCUT2D eigenvalue weighted by atomic mass is 10.1. The highest BCUT2D eigenvalue weighted by Gasteiger charge is 2.11. The zero-order valence-corrected chi connectivity index (χ0v) is 16.7. The lowest BCUT2D eigenvalue weighted by Crippen LogP contribution is -2.34. The third-order valence-electron chi connectivity index (χ3n) is 3.77. The van der Waals surface area contributed by atoms with Gasteiger partial charge < -0.3 is 10.2 Å². The number of urea groups is 1. The number of H-pyrrole nitrogens is 1. The Morgan fingerprint density at radius 1 is 1.42 bits per heavy atom. The molecule has 9 heteroatoms. The van der Waals surface area contributed by atoms with Crippen LogP contribution in [0.25, 0.3) is 0 Å². The minimum Gasteiger partial charge on any atom is -0.338 e. The summed E-state index contributed by atoms with van der Waals surface area (Å²) in [6, 6.07) is 0.961. The zero-order chi connectivity index (χ0) is 19.5. The molecule has 0 radical (unpaired) electrons. The number of rotatable bonds is 10. The van der Waals surface area contributed by atoms with Crippen LogP contribution in [0.3, 0.4) is 0 Å². The predicted octanol–water partition coefficient (Wildman–Crippen LogP) is 1.83. The Bertz CT molecular complexity index is 650. The van der Waals surface area contributed by atoms with Crippen LogP contribution in [0.2, 0.25) is 0 Å². The van der Waals surface area contributed by atoms with E-state index < -0.39 is 6.03 Å². The summed E-state index contributed by atoms with van der Waals surface area (Å²) in [4.78, 5) is 42.9. The van der Waals surface area contributed by atoms with Crippen LogP contribution in [0.15, 0.2) is 10.9 Å². The second-order valence-electron chi connectivity index (χ2n) is 6.31. The number of carbonyl (C=O) groups is 2. The molecule has 0 aliphatic rings. The molecule has 1 unspecified atom stereocenters. The van der Waals surface area contributed by atoms with E-state index in [0.29, 0.717) is 18.2 Å². The van der Waals surface area contributed by atoms with Gasteiger partial charge in [0.05, 0.1) is 0 Å². The fourth-order valence-electron chi connectivity index (χ4n) is 2.41. The SMILES string of the molecule is CCC(CSC(C)=O)CN(C)CCCNC(=O)Nc1nc(C)cc(=O)[nH]1. The van der Waals surface area contributed by atoms with Crippen LogP contribution in [-0.4, -0.2) is 58.4 Å². The first-order chi connectivity index (χ1) is 12.3. The van der Waals surface area contributed by atoms with Crippen molar-refractivity contribution in [2.45, 2.75) is 33.6 Å². The van der Waals surface area contributed by atoms with Gasteiger partial charge in [0, 0.05) is 37.5 Å². The van der Waals surface area contributed by atoms with E-state index in [1.165, 1.54) is 17.8 Å². The van der Waals surface area contributed by atoms with E-state index in [4.69, 9.17) is 0 Å². The molecule has 0 spiro atoms. The van der Waals surface area contributed by atoms with Gasteiger partial charge in [-0.25, -0.2) is 9.78 Å². The van der Waals surface area contributed by atoms with Gasteiger partial charge in [-0.3, -0.25) is 19.9 Å². The number of hydrogen-bond donors (Lipinski definition) is 3. The van der Waals surface area contributed by atoms with Gasteiger partial charge in [-0.2, -0.15) is 0 Å². The smallest absolute Gasteiger partial charge is 0.321 e. The van der Waals surface area contributed by atoms with Crippen molar-refractivity contribution in [3.05, 3.63) is 22.1 Å². The number of anilines is 1. The van der Waals surface area contributed by atoms with Crippen LogP contribution in [0, 0.1) is 12.8 Å². The van der Waals surface area contributed by atoms with Crippen molar-refractivity contribution in [3.63, 3.8) is 0 Å². The van der Waals surface area contributed by atoms with E-state index in [-0.39, 0.29) is 16.6 Å². The molecule has 3 N–H and O–H groups in total. The minimum absolute atomic E-state index is 0.137. The molecule has 0 aliphatic heterocycles. The number of amides is 2. The summed E-state index contributed by atoms with van der Waals surface area (Å²) in [6.07, 6.45) is 1.84. The number of nitrogens with zero attached hydrogens (tertiary/aromatic N) is 2. The zero-order valence-electron chi connectivity index (χ0n) is 15.9. The minimum atomic E-state index is -0.398. The molecule has 1 atom stereocenters. The van der Waals surface area contributed by atoms with Gasteiger partial charge >= 0.3 is 6.03 Å². The standard InChI is InChI=1S/C17H29N5O3S/c1-5-14(11-26-13(3)23)10-22(4)8-6-7-18-17(25)21-16-19-12(2)9-15(24)20-16/h9,14H,5-8,10-11H2,1-4H3,(H3,18,19,20,21,24,25). The lowest BCUT2D eigenvalue weighted by molar-refractivity contribution is -0.109. The molecule has 0 fully saturated rings. The third-order valence-corrected chi connectivity index (χ3v) is 4.82. The Morgan fingerprint density at radius 2 is 2.15 bits per heavy atom. The maximum Gasteiger partial charge on any atom is 0.321 e. The van der Waals surface area contributed by atoms with Crippen LogP contribution >= 0.6 is 11.8 Å². The van der Waals surface area contributed by atoms with Gasteiger partial charge in [0.25, 0.3) is 5.56 Å². The Kier molecular flexibility index (Phi) is 9.97. The molecule has 2 amide bonds. The third kappa shape index (κ3) is 9.57. The van der Waals surface area contributed by atoms with Gasteiger partial charge in [0.15, 0.2) is 5.12 Å². The number of aromatic nitrogens is 2. The first-order valence-corrected chi connectivity index (χ1v) is 9.73. The molecule has 0 aromatic carbocycles. The van der Waals surface area contributed by atoms with Gasteiger partial charge in [-0.15, -0.1) is 0 Å². The van der Waals surface area contributed by atoms with E-state index >= 15 is 0 Å².